The highest BCUT2D eigenvalue weighted by atomic mass is 35.5. The Labute approximate surface area is 341 Å². The molecule has 0 saturated heterocycles. The normalized spacial score (nSPS) is 11.0. The van der Waals surface area contributed by atoms with Crippen molar-refractivity contribution in [3.05, 3.63) is 110 Å². The van der Waals surface area contributed by atoms with Gasteiger partial charge in [-0.05, 0) is 102 Å². The number of hydrogen-bond acceptors (Lipinski definition) is 8. The van der Waals surface area contributed by atoms with E-state index in [1.54, 1.807) is 39.8 Å². The first-order chi connectivity index (χ1) is 26.7. The third-order valence-corrected chi connectivity index (χ3v) is 10.4. The van der Waals surface area contributed by atoms with Crippen molar-refractivity contribution in [2.75, 3.05) is 32.6 Å². The van der Waals surface area contributed by atoms with Crippen LogP contribution in [0.1, 0.15) is 60.7 Å². The number of aromatic nitrogens is 3. The van der Waals surface area contributed by atoms with Crippen molar-refractivity contribution in [1.82, 2.24) is 15.0 Å². The van der Waals surface area contributed by atoms with Crippen molar-refractivity contribution in [1.29, 1.82) is 0 Å². The van der Waals surface area contributed by atoms with Gasteiger partial charge < -0.3 is 33.5 Å². The minimum atomic E-state index is -3.28. The Morgan fingerprint density at radius 2 is 1.16 bits per heavy atom. The maximum Gasteiger partial charge on any atom is 0.341 e. The summed E-state index contributed by atoms with van der Waals surface area (Å²) in [6.07, 6.45) is 3.75. The number of esters is 2. The Hall–Kier alpha value is -4.35. The van der Waals surface area contributed by atoms with E-state index in [9.17, 15) is 18.9 Å². The van der Waals surface area contributed by atoms with Crippen molar-refractivity contribution >= 4 is 99.4 Å². The molecular formula is C41H47Cl3N3O8P. The van der Waals surface area contributed by atoms with Crippen LogP contribution in [0.3, 0.4) is 0 Å². The standard InChI is InChI=1S/C14H14ClNO2.C10H8ClNO.C9H8ClN.C8H17O5P/c1-3-18-14(17)7-6-11-9(2)16-13-8-10(15)4-5-12(11)13;1-6-9(5-13)8-3-2-7(11)4-10(8)12-6;1-6-4-7-2-3-8(10)5-9(7)11-6;1-4-11-8(9)7-14(10,12-5-2)13-6-3/h4-8,16H,3H2,1-2H3;2-5,12H,1H3;2-5,11H,1H3;4-7H2,1-3H3/b7-6+;;;. The molecule has 0 amide bonds. The number of fused-ring (bicyclic) bond motifs is 3. The molecule has 0 aliphatic heterocycles. The highest BCUT2D eigenvalue weighted by molar-refractivity contribution is 7.54. The number of ether oxygens (including phenoxy) is 2. The van der Waals surface area contributed by atoms with Gasteiger partial charge in [-0.15, -0.1) is 0 Å². The zero-order valence-corrected chi connectivity index (χ0v) is 35.6. The van der Waals surface area contributed by atoms with E-state index in [-0.39, 0.29) is 32.0 Å². The maximum atomic E-state index is 11.8. The van der Waals surface area contributed by atoms with Crippen LogP contribution in [0.5, 0.6) is 0 Å². The largest absolute Gasteiger partial charge is 0.466 e. The van der Waals surface area contributed by atoms with E-state index in [1.807, 2.05) is 69.3 Å². The predicted molar refractivity (Wildman–Crippen MR) is 228 cm³/mol. The number of carbonyl (C=O) groups is 3. The van der Waals surface area contributed by atoms with Crippen molar-refractivity contribution in [2.24, 2.45) is 0 Å². The van der Waals surface area contributed by atoms with Gasteiger partial charge in [0.2, 0.25) is 0 Å². The number of benzene rings is 3. The number of halogens is 3. The van der Waals surface area contributed by atoms with Crippen LogP contribution in [0, 0.1) is 20.8 Å². The summed E-state index contributed by atoms with van der Waals surface area (Å²) < 4.78 is 31.1. The number of nitrogens with one attached hydrogen (secondary N) is 3. The maximum absolute atomic E-state index is 11.8. The van der Waals surface area contributed by atoms with Crippen LogP contribution >= 0.6 is 42.4 Å². The van der Waals surface area contributed by atoms with Gasteiger partial charge in [-0.25, -0.2) is 4.79 Å². The highest BCUT2D eigenvalue weighted by Crippen LogP contribution is 2.47. The van der Waals surface area contributed by atoms with Crippen LogP contribution in [0.4, 0.5) is 0 Å². The monoisotopic (exact) mass is 845 g/mol. The molecule has 0 atom stereocenters. The topological polar surface area (TPSA) is 153 Å². The third kappa shape index (κ3) is 13.7. The number of hydrogen-bond donors (Lipinski definition) is 3. The fraction of sp³-hybridized carbons (Fsp3) is 0.293. The summed E-state index contributed by atoms with van der Waals surface area (Å²) in [6, 6.07) is 19.0. The van der Waals surface area contributed by atoms with Gasteiger partial charge >= 0.3 is 19.5 Å². The van der Waals surface area contributed by atoms with Crippen LogP contribution in [-0.4, -0.2) is 65.8 Å². The molecule has 0 unspecified atom stereocenters. The zero-order chi connectivity index (χ0) is 41.4. The van der Waals surface area contributed by atoms with E-state index in [4.69, 9.17) is 48.6 Å². The molecule has 56 heavy (non-hydrogen) atoms. The van der Waals surface area contributed by atoms with Gasteiger partial charge in [-0.1, -0.05) is 53.0 Å². The molecule has 0 aliphatic rings. The molecule has 3 aromatic heterocycles. The summed E-state index contributed by atoms with van der Waals surface area (Å²) >= 11 is 17.6. The molecule has 0 spiro atoms. The second-order valence-corrected chi connectivity index (χ2v) is 15.4. The first-order valence-electron chi connectivity index (χ1n) is 17.8. The molecule has 11 nitrogen and oxygen atoms in total. The molecule has 0 saturated carbocycles. The van der Waals surface area contributed by atoms with Gasteiger partial charge in [-0.3, -0.25) is 14.2 Å². The van der Waals surface area contributed by atoms with E-state index in [0.717, 1.165) is 55.6 Å². The lowest BCUT2D eigenvalue weighted by Crippen LogP contribution is -2.12. The van der Waals surface area contributed by atoms with Crippen molar-refractivity contribution in [2.45, 2.75) is 48.5 Å². The van der Waals surface area contributed by atoms with E-state index >= 15 is 0 Å². The van der Waals surface area contributed by atoms with E-state index < -0.39 is 13.6 Å². The summed E-state index contributed by atoms with van der Waals surface area (Å²) in [7, 11) is -3.28. The molecule has 3 heterocycles. The van der Waals surface area contributed by atoms with Crippen molar-refractivity contribution in [3.63, 3.8) is 0 Å². The summed E-state index contributed by atoms with van der Waals surface area (Å²) in [5.74, 6) is -0.891. The highest BCUT2D eigenvalue weighted by Gasteiger charge is 2.28. The molecule has 6 aromatic rings. The predicted octanol–water partition coefficient (Wildman–Crippen LogP) is 11.6. The van der Waals surface area contributed by atoms with Crippen LogP contribution in [0.15, 0.2) is 66.7 Å². The minimum Gasteiger partial charge on any atom is -0.466 e. The summed E-state index contributed by atoms with van der Waals surface area (Å²) in [5, 5.41) is 5.32. The van der Waals surface area contributed by atoms with Crippen molar-refractivity contribution < 1.29 is 37.5 Å². The Bertz CT molecular complexity index is 2320. The third-order valence-electron chi connectivity index (χ3n) is 7.79. The van der Waals surface area contributed by atoms with Gasteiger partial charge in [0.25, 0.3) is 0 Å². The number of carbonyl (C=O) groups excluding carboxylic acids is 3. The second kappa shape index (κ2) is 22.4. The lowest BCUT2D eigenvalue weighted by atomic mass is 10.1. The lowest BCUT2D eigenvalue weighted by molar-refractivity contribution is -0.140. The van der Waals surface area contributed by atoms with Crippen LogP contribution < -0.4 is 0 Å². The van der Waals surface area contributed by atoms with Crippen molar-refractivity contribution in [3.8, 4) is 0 Å². The molecule has 3 N–H and O–H groups in total. The number of rotatable bonds is 11. The second-order valence-electron chi connectivity index (χ2n) is 12.0. The fourth-order valence-electron chi connectivity index (χ4n) is 5.49. The Morgan fingerprint density at radius 3 is 1.68 bits per heavy atom. The summed E-state index contributed by atoms with van der Waals surface area (Å²) in [4.78, 5) is 42.6. The lowest BCUT2D eigenvalue weighted by Gasteiger charge is -2.15. The SMILES string of the molecule is CCOC(=O)/C=C/c1c(C)[nH]c2cc(Cl)ccc12.CCOC(=O)CP(=O)(OCC)OCC.Cc1[nH]c2cc(Cl)ccc2c1C=O.Cc1cc2ccc(Cl)cc2[nH]1. The van der Waals surface area contributed by atoms with Gasteiger partial charge in [-0.2, -0.15) is 0 Å². The van der Waals surface area contributed by atoms with Gasteiger partial charge in [0, 0.05) is 76.7 Å². The van der Waals surface area contributed by atoms with E-state index in [1.165, 1.54) is 17.2 Å². The average Bonchev–Trinajstić information content (AvgIpc) is 3.77. The molecular weight excluding hydrogens is 800 g/mol. The fourth-order valence-corrected chi connectivity index (χ4v) is 7.46. The molecule has 15 heteroatoms. The Kier molecular flexibility index (Phi) is 18.4. The van der Waals surface area contributed by atoms with Gasteiger partial charge in [0.1, 0.15) is 6.16 Å². The molecule has 3 aromatic carbocycles. The van der Waals surface area contributed by atoms with Crippen LogP contribution in [0.25, 0.3) is 38.8 Å². The van der Waals surface area contributed by atoms with Gasteiger partial charge in [0.15, 0.2) is 6.29 Å². The molecule has 0 aliphatic carbocycles. The van der Waals surface area contributed by atoms with E-state index in [0.29, 0.717) is 22.2 Å². The molecule has 6 rings (SSSR count). The number of aromatic amines is 3. The van der Waals surface area contributed by atoms with Gasteiger partial charge in [0.05, 0.1) is 26.4 Å². The molecule has 0 radical (unpaired) electrons. The van der Waals surface area contributed by atoms with E-state index in [2.05, 4.69) is 25.8 Å². The number of aryl methyl sites for hydroxylation is 3. The molecule has 0 bridgehead atoms. The number of H-pyrrole nitrogens is 3. The summed E-state index contributed by atoms with van der Waals surface area (Å²) in [6.45, 7) is 13.9. The number of aldehydes is 1. The zero-order valence-electron chi connectivity index (χ0n) is 32.4. The summed E-state index contributed by atoms with van der Waals surface area (Å²) in [5.41, 5.74) is 7.72. The molecule has 300 valence electrons. The van der Waals surface area contributed by atoms with Crippen LogP contribution in [0.2, 0.25) is 15.1 Å². The Morgan fingerprint density at radius 1 is 0.661 bits per heavy atom. The minimum absolute atomic E-state index is 0.247. The quantitative estimate of drug-likeness (QED) is 0.0504. The molecule has 0 fully saturated rings. The van der Waals surface area contributed by atoms with Crippen LogP contribution in [-0.2, 0) is 32.7 Å². The average molecular weight is 847 g/mol. The first-order valence-corrected chi connectivity index (χ1v) is 20.7. The first kappa shape index (κ1) is 46.0. The Balaban J connectivity index is 0.000000203. The smallest absolute Gasteiger partial charge is 0.341 e.